The van der Waals surface area contributed by atoms with Gasteiger partial charge in [0.15, 0.2) is 5.96 Å². The molecule has 2 aromatic rings. The smallest absolute Gasteiger partial charge is 0.251 e. The average molecular weight is 519 g/mol. The van der Waals surface area contributed by atoms with Gasteiger partial charge >= 0.3 is 0 Å². The van der Waals surface area contributed by atoms with Crippen LogP contribution in [0.1, 0.15) is 85.9 Å². The number of hydrogen-bond acceptors (Lipinski definition) is 7. The van der Waals surface area contributed by atoms with Gasteiger partial charge in [0.2, 0.25) is 5.91 Å². The van der Waals surface area contributed by atoms with Gasteiger partial charge in [-0.3, -0.25) is 14.5 Å². The number of carbonyl (C=O) groups is 2. The number of guanidine groups is 1. The highest BCUT2D eigenvalue weighted by Crippen LogP contribution is 2.42. The van der Waals surface area contributed by atoms with Gasteiger partial charge in [-0.2, -0.15) is 0 Å². The van der Waals surface area contributed by atoms with E-state index in [-0.39, 0.29) is 35.9 Å². The zero-order valence-electron chi connectivity index (χ0n) is 21.9. The molecule has 3 N–H and O–H groups in total. The minimum absolute atomic E-state index is 0.0441. The van der Waals surface area contributed by atoms with E-state index in [9.17, 15) is 9.59 Å². The van der Waals surface area contributed by atoms with Crippen molar-refractivity contribution in [2.75, 3.05) is 13.2 Å². The molecule has 0 aliphatic carbocycles. The van der Waals surface area contributed by atoms with Crippen LogP contribution < -0.4 is 25.3 Å². The molecule has 7 rings (SSSR count). The first-order valence-electron chi connectivity index (χ1n) is 13.5. The van der Waals surface area contributed by atoms with Crippen LogP contribution in [0, 0.1) is 0 Å². The quantitative estimate of drug-likeness (QED) is 0.544. The average Bonchev–Trinajstić information content (AvgIpc) is 2.87. The first-order valence-corrected chi connectivity index (χ1v) is 13.5. The molecule has 9 heteroatoms. The van der Waals surface area contributed by atoms with Crippen molar-refractivity contribution in [3.63, 3.8) is 0 Å². The number of fused-ring (bicyclic) bond motifs is 6. The highest BCUT2D eigenvalue weighted by Gasteiger charge is 2.38. The Bertz CT molecular complexity index is 1310. The minimum atomic E-state index is -0.444. The maximum atomic E-state index is 13.6. The highest BCUT2D eigenvalue weighted by atomic mass is 16.5. The molecule has 0 radical (unpaired) electrons. The second-order valence-corrected chi connectivity index (χ2v) is 11.2. The molecule has 0 saturated carbocycles. The summed E-state index contributed by atoms with van der Waals surface area (Å²) in [7, 11) is 0. The van der Waals surface area contributed by atoms with Crippen molar-refractivity contribution in [3.8, 4) is 17.2 Å². The SMILES string of the molecule is CC1(C)CC2NC(=O)c3ccc4c(c3)[C@@H](CCO4)N3C(=O)CC(CCCCOc4ccc(c2c4)O1)N=C3N. The monoisotopic (exact) mass is 518 g/mol. The molecule has 2 aromatic carbocycles. The molecule has 0 spiro atoms. The van der Waals surface area contributed by atoms with Gasteiger partial charge < -0.3 is 25.3 Å². The van der Waals surface area contributed by atoms with E-state index in [0.717, 1.165) is 41.9 Å². The van der Waals surface area contributed by atoms with Gasteiger partial charge in [-0.05, 0) is 69.5 Å². The lowest BCUT2D eigenvalue weighted by atomic mass is 9.89. The summed E-state index contributed by atoms with van der Waals surface area (Å²) < 4.78 is 18.2. The van der Waals surface area contributed by atoms with E-state index in [1.54, 1.807) is 17.0 Å². The Balaban J connectivity index is 1.39. The Morgan fingerprint density at radius 3 is 2.68 bits per heavy atom. The zero-order valence-corrected chi connectivity index (χ0v) is 21.9. The van der Waals surface area contributed by atoms with E-state index >= 15 is 0 Å². The molecule has 0 aromatic heterocycles. The number of carbonyl (C=O) groups excluding carboxylic acids is 2. The van der Waals surface area contributed by atoms with Gasteiger partial charge in [-0.15, -0.1) is 0 Å². The van der Waals surface area contributed by atoms with E-state index in [1.807, 2.05) is 38.1 Å². The van der Waals surface area contributed by atoms with Gasteiger partial charge in [0.1, 0.15) is 22.8 Å². The molecule has 200 valence electrons. The van der Waals surface area contributed by atoms with Crippen LogP contribution in [0.3, 0.4) is 0 Å². The molecule has 9 nitrogen and oxygen atoms in total. The van der Waals surface area contributed by atoms with Crippen molar-refractivity contribution in [1.29, 1.82) is 0 Å². The van der Waals surface area contributed by atoms with Crippen LogP contribution in [0.2, 0.25) is 0 Å². The lowest BCUT2D eigenvalue weighted by molar-refractivity contribution is -0.130. The number of nitrogens with two attached hydrogens (primary N) is 1. The Morgan fingerprint density at radius 2 is 1.84 bits per heavy atom. The van der Waals surface area contributed by atoms with Crippen molar-refractivity contribution >= 4 is 17.8 Å². The van der Waals surface area contributed by atoms with Gasteiger partial charge in [-0.1, -0.05) is 0 Å². The van der Waals surface area contributed by atoms with Crippen LogP contribution >= 0.6 is 0 Å². The molecule has 38 heavy (non-hydrogen) atoms. The summed E-state index contributed by atoms with van der Waals surface area (Å²) in [5.41, 5.74) is 8.10. The molecule has 2 unspecified atom stereocenters. The molecule has 2 amide bonds. The first kappa shape index (κ1) is 24.6. The van der Waals surface area contributed by atoms with Gasteiger partial charge in [0.05, 0.1) is 31.3 Å². The number of amides is 2. The number of nitrogens with zero attached hydrogens (tertiary/aromatic N) is 2. The van der Waals surface area contributed by atoms with Crippen molar-refractivity contribution in [2.24, 2.45) is 10.7 Å². The van der Waals surface area contributed by atoms with Crippen molar-refractivity contribution < 1.29 is 23.8 Å². The molecule has 5 aliphatic heterocycles. The Hall–Kier alpha value is -3.75. The fraction of sp³-hybridized carbons (Fsp3) is 0.483. The summed E-state index contributed by atoms with van der Waals surface area (Å²) in [6.45, 7) is 5.05. The van der Waals surface area contributed by atoms with Crippen LogP contribution in [0.25, 0.3) is 0 Å². The second kappa shape index (κ2) is 9.53. The van der Waals surface area contributed by atoms with Crippen molar-refractivity contribution in [2.45, 2.75) is 76.1 Å². The third-order valence-electron chi connectivity index (χ3n) is 7.78. The van der Waals surface area contributed by atoms with Gasteiger partial charge in [-0.25, -0.2) is 4.99 Å². The Morgan fingerprint density at radius 1 is 1.00 bits per heavy atom. The lowest BCUT2D eigenvalue weighted by Gasteiger charge is -2.38. The fourth-order valence-corrected chi connectivity index (χ4v) is 5.97. The molecule has 0 fully saturated rings. The summed E-state index contributed by atoms with van der Waals surface area (Å²) in [6.07, 6.45) is 3.98. The molecule has 6 bridgehead atoms. The summed E-state index contributed by atoms with van der Waals surface area (Å²) in [5, 5.41) is 3.22. The maximum absolute atomic E-state index is 13.6. The van der Waals surface area contributed by atoms with E-state index in [4.69, 9.17) is 19.9 Å². The van der Waals surface area contributed by atoms with Crippen LogP contribution in [0.5, 0.6) is 17.2 Å². The predicted octanol–water partition coefficient (Wildman–Crippen LogP) is 4.02. The first-order chi connectivity index (χ1) is 18.3. The van der Waals surface area contributed by atoms with E-state index in [1.165, 1.54) is 0 Å². The largest absolute Gasteiger partial charge is 0.494 e. The molecule has 5 heterocycles. The third kappa shape index (κ3) is 4.66. The van der Waals surface area contributed by atoms with E-state index < -0.39 is 5.60 Å². The van der Waals surface area contributed by atoms with Crippen molar-refractivity contribution in [3.05, 3.63) is 53.1 Å². The van der Waals surface area contributed by atoms with E-state index in [0.29, 0.717) is 43.8 Å². The van der Waals surface area contributed by atoms with Crippen LogP contribution in [-0.2, 0) is 4.79 Å². The minimum Gasteiger partial charge on any atom is -0.494 e. The number of nitrogens with one attached hydrogen (secondary N) is 1. The molecule has 5 aliphatic rings. The number of ether oxygens (including phenoxy) is 3. The van der Waals surface area contributed by atoms with Gasteiger partial charge in [0, 0.05) is 36.0 Å². The topological polar surface area (TPSA) is 115 Å². The maximum Gasteiger partial charge on any atom is 0.251 e. The number of rotatable bonds is 0. The van der Waals surface area contributed by atoms with Gasteiger partial charge in [0.25, 0.3) is 5.91 Å². The summed E-state index contributed by atoms with van der Waals surface area (Å²) in [6, 6.07) is 10.5. The Kier molecular flexibility index (Phi) is 6.16. The second-order valence-electron chi connectivity index (χ2n) is 11.2. The number of aliphatic imine (C=N–C) groups is 1. The zero-order chi connectivity index (χ0) is 26.4. The third-order valence-corrected chi connectivity index (χ3v) is 7.78. The summed E-state index contributed by atoms with van der Waals surface area (Å²) >= 11 is 0. The summed E-state index contributed by atoms with van der Waals surface area (Å²) in [4.78, 5) is 33.1. The summed E-state index contributed by atoms with van der Waals surface area (Å²) in [5.74, 6) is 2.13. The molecule has 0 saturated heterocycles. The fourth-order valence-electron chi connectivity index (χ4n) is 5.97. The number of benzene rings is 2. The normalized spacial score (nSPS) is 26.4. The predicted molar refractivity (Wildman–Crippen MR) is 141 cm³/mol. The van der Waals surface area contributed by atoms with Crippen molar-refractivity contribution in [1.82, 2.24) is 10.2 Å². The molecular weight excluding hydrogens is 484 g/mol. The Labute approximate surface area is 222 Å². The molecule has 3 atom stereocenters. The lowest BCUT2D eigenvalue weighted by Crippen LogP contribution is -2.50. The highest BCUT2D eigenvalue weighted by molar-refractivity contribution is 5.99. The van der Waals surface area contributed by atoms with Crippen LogP contribution in [0.15, 0.2) is 41.4 Å². The van der Waals surface area contributed by atoms with Crippen LogP contribution in [0.4, 0.5) is 0 Å². The van der Waals surface area contributed by atoms with E-state index in [2.05, 4.69) is 10.3 Å². The molecular formula is C29H34N4O5. The standard InChI is InChI=1S/C29H34N4O5/c1-29(2)16-22-20-15-19(7-9-25(20)38-29)36-11-4-3-5-18-14-26(34)33(28(30)31-18)23-10-12-37-24-8-6-17(13-21(23)24)27(35)32-22/h6-9,13,15,18,22-23H,3-5,10-12,14,16H2,1-2H3,(H2,30,31)(H,32,35)/t18?,22?,23-/m1/s1. The van der Waals surface area contributed by atoms with Crippen LogP contribution in [-0.4, -0.2) is 47.5 Å². The number of hydrogen-bond donors (Lipinski definition) is 2.